The van der Waals surface area contributed by atoms with Crippen molar-refractivity contribution in [2.75, 3.05) is 6.61 Å². The third-order valence-corrected chi connectivity index (χ3v) is 5.22. The number of carbonyl (C=O) groups excluding carboxylic acids is 3. The van der Waals surface area contributed by atoms with E-state index in [0.717, 1.165) is 5.56 Å². The van der Waals surface area contributed by atoms with Gasteiger partial charge in [0.05, 0.1) is 12.6 Å². The van der Waals surface area contributed by atoms with Gasteiger partial charge in [-0.2, -0.15) is 0 Å². The Morgan fingerprint density at radius 2 is 1.59 bits per heavy atom. The first-order chi connectivity index (χ1) is 14.0. The molecule has 1 atom stereocenters. The standard InChI is InChI=1S/C24H25NO4/c1-16-19(24(29)21-11-6-5-10-20(21)23(16)28)12-7-13-22(27)25-18(15-26)14-17-8-3-2-4-9-17/h2-6,8-11,18,26H,7,12-15H2,1H3,(H,25,27)/t18-/m0/s1. The van der Waals surface area contributed by atoms with Crippen molar-refractivity contribution in [3.63, 3.8) is 0 Å². The Balaban J connectivity index is 1.55. The number of carbonyl (C=O) groups is 3. The van der Waals surface area contributed by atoms with E-state index in [1.165, 1.54) is 0 Å². The number of Topliss-reactive ketones (excluding diaryl/α,β-unsaturated/α-hetero) is 2. The maximum atomic E-state index is 12.7. The molecular weight excluding hydrogens is 366 g/mol. The fourth-order valence-electron chi connectivity index (χ4n) is 3.64. The Morgan fingerprint density at radius 3 is 2.24 bits per heavy atom. The van der Waals surface area contributed by atoms with Gasteiger partial charge in [-0.25, -0.2) is 0 Å². The van der Waals surface area contributed by atoms with E-state index in [9.17, 15) is 19.5 Å². The van der Waals surface area contributed by atoms with Crippen LogP contribution < -0.4 is 5.32 Å². The van der Waals surface area contributed by atoms with Gasteiger partial charge in [0.2, 0.25) is 5.91 Å². The summed E-state index contributed by atoms with van der Waals surface area (Å²) >= 11 is 0. The molecule has 0 bridgehead atoms. The predicted molar refractivity (Wildman–Crippen MR) is 111 cm³/mol. The molecule has 1 amide bonds. The fraction of sp³-hybridized carbons (Fsp3) is 0.292. The first kappa shape index (κ1) is 20.7. The average Bonchev–Trinajstić information content (AvgIpc) is 2.74. The molecule has 5 heteroatoms. The number of aliphatic hydroxyl groups excluding tert-OH is 1. The van der Waals surface area contributed by atoms with Crippen molar-refractivity contribution < 1.29 is 19.5 Å². The van der Waals surface area contributed by atoms with Crippen molar-refractivity contribution in [1.29, 1.82) is 0 Å². The second-order valence-corrected chi connectivity index (χ2v) is 7.30. The van der Waals surface area contributed by atoms with Gasteiger partial charge in [-0.3, -0.25) is 14.4 Å². The molecule has 3 rings (SSSR count). The van der Waals surface area contributed by atoms with Crippen LogP contribution in [0.4, 0.5) is 0 Å². The number of aliphatic hydroxyl groups is 1. The number of allylic oxidation sites excluding steroid dienone is 2. The van der Waals surface area contributed by atoms with Gasteiger partial charge in [0.15, 0.2) is 11.6 Å². The fourth-order valence-corrected chi connectivity index (χ4v) is 3.64. The number of hydrogen-bond acceptors (Lipinski definition) is 4. The summed E-state index contributed by atoms with van der Waals surface area (Å²) in [5.74, 6) is -0.425. The second-order valence-electron chi connectivity index (χ2n) is 7.30. The molecule has 1 aliphatic carbocycles. The van der Waals surface area contributed by atoms with Crippen molar-refractivity contribution in [3.05, 3.63) is 82.4 Å². The third kappa shape index (κ3) is 4.87. The molecule has 0 saturated heterocycles. The lowest BCUT2D eigenvalue weighted by Crippen LogP contribution is -2.39. The van der Waals surface area contributed by atoms with Gasteiger partial charge in [-0.05, 0) is 31.7 Å². The van der Waals surface area contributed by atoms with E-state index in [1.54, 1.807) is 31.2 Å². The number of amides is 1. The van der Waals surface area contributed by atoms with E-state index in [0.29, 0.717) is 41.5 Å². The highest BCUT2D eigenvalue weighted by molar-refractivity contribution is 6.26. The molecule has 0 spiro atoms. The van der Waals surface area contributed by atoms with E-state index in [2.05, 4.69) is 5.32 Å². The summed E-state index contributed by atoms with van der Waals surface area (Å²) in [6.07, 6.45) is 1.62. The molecule has 0 radical (unpaired) electrons. The minimum Gasteiger partial charge on any atom is -0.394 e. The van der Waals surface area contributed by atoms with Crippen LogP contribution in [0.2, 0.25) is 0 Å². The van der Waals surface area contributed by atoms with E-state index in [1.807, 2.05) is 30.3 Å². The van der Waals surface area contributed by atoms with Crippen molar-refractivity contribution >= 4 is 17.5 Å². The summed E-state index contributed by atoms with van der Waals surface area (Å²) < 4.78 is 0. The lowest BCUT2D eigenvalue weighted by Gasteiger charge is -2.19. The summed E-state index contributed by atoms with van der Waals surface area (Å²) in [5, 5.41) is 12.4. The smallest absolute Gasteiger partial charge is 0.220 e. The van der Waals surface area contributed by atoms with Crippen LogP contribution in [-0.2, 0) is 11.2 Å². The Bertz CT molecular complexity index is 946. The van der Waals surface area contributed by atoms with Gasteiger partial charge in [-0.1, -0.05) is 54.6 Å². The number of ketones is 2. The third-order valence-electron chi connectivity index (χ3n) is 5.22. The quantitative estimate of drug-likeness (QED) is 0.723. The highest BCUT2D eigenvalue weighted by atomic mass is 16.3. The Hall–Kier alpha value is -3.05. The molecule has 0 fully saturated rings. The van der Waals surface area contributed by atoms with Crippen LogP contribution in [-0.4, -0.2) is 35.2 Å². The van der Waals surface area contributed by atoms with Gasteiger partial charge in [0, 0.05) is 28.7 Å². The average molecular weight is 391 g/mol. The predicted octanol–water partition coefficient (Wildman–Crippen LogP) is 3.27. The molecule has 5 nitrogen and oxygen atoms in total. The van der Waals surface area contributed by atoms with Crippen LogP contribution in [0.5, 0.6) is 0 Å². The molecule has 1 aliphatic rings. The molecule has 150 valence electrons. The maximum Gasteiger partial charge on any atom is 0.220 e. The minimum absolute atomic E-state index is 0.122. The Kier molecular flexibility index (Phi) is 6.73. The van der Waals surface area contributed by atoms with Gasteiger partial charge in [-0.15, -0.1) is 0 Å². The zero-order valence-corrected chi connectivity index (χ0v) is 16.5. The zero-order valence-electron chi connectivity index (χ0n) is 16.5. The molecule has 2 aromatic rings. The lowest BCUT2D eigenvalue weighted by atomic mass is 9.83. The number of nitrogens with one attached hydrogen (secondary N) is 1. The number of rotatable bonds is 8. The van der Waals surface area contributed by atoms with Crippen molar-refractivity contribution in [1.82, 2.24) is 5.32 Å². The molecule has 0 heterocycles. The van der Waals surface area contributed by atoms with E-state index < -0.39 is 0 Å². The van der Waals surface area contributed by atoms with Crippen LogP contribution in [0.15, 0.2) is 65.7 Å². The minimum atomic E-state index is -0.351. The largest absolute Gasteiger partial charge is 0.394 e. The molecule has 0 aliphatic heterocycles. The number of fused-ring (bicyclic) bond motifs is 1. The first-order valence-corrected chi connectivity index (χ1v) is 9.83. The monoisotopic (exact) mass is 391 g/mol. The maximum absolute atomic E-state index is 12.7. The first-order valence-electron chi connectivity index (χ1n) is 9.83. The van der Waals surface area contributed by atoms with E-state index in [-0.39, 0.29) is 36.5 Å². The highest BCUT2D eigenvalue weighted by Crippen LogP contribution is 2.28. The molecule has 2 aromatic carbocycles. The molecule has 29 heavy (non-hydrogen) atoms. The zero-order chi connectivity index (χ0) is 20.8. The lowest BCUT2D eigenvalue weighted by molar-refractivity contribution is -0.122. The van der Waals surface area contributed by atoms with E-state index in [4.69, 9.17) is 0 Å². The molecule has 0 unspecified atom stereocenters. The van der Waals surface area contributed by atoms with Gasteiger partial charge in [0.25, 0.3) is 0 Å². The summed E-state index contributed by atoms with van der Waals surface area (Å²) in [4.78, 5) is 37.5. The number of benzene rings is 2. The van der Waals surface area contributed by atoms with Crippen LogP contribution >= 0.6 is 0 Å². The van der Waals surface area contributed by atoms with Crippen LogP contribution in [0.25, 0.3) is 0 Å². The molecule has 2 N–H and O–H groups in total. The topological polar surface area (TPSA) is 83.5 Å². The van der Waals surface area contributed by atoms with Gasteiger partial charge < -0.3 is 10.4 Å². The SMILES string of the molecule is CC1=C(CCCC(=O)N[C@H](CO)Cc2ccccc2)C(=O)c2ccccc2C1=O. The molecule has 0 aromatic heterocycles. The Morgan fingerprint density at radius 1 is 0.966 bits per heavy atom. The summed E-state index contributed by atoms with van der Waals surface area (Å²) in [5.41, 5.74) is 2.88. The second kappa shape index (κ2) is 9.43. The van der Waals surface area contributed by atoms with Crippen molar-refractivity contribution in [3.8, 4) is 0 Å². The van der Waals surface area contributed by atoms with Crippen LogP contribution in [0.1, 0.15) is 52.5 Å². The Labute approximate surface area is 170 Å². The van der Waals surface area contributed by atoms with Crippen molar-refractivity contribution in [2.45, 2.75) is 38.6 Å². The van der Waals surface area contributed by atoms with Crippen LogP contribution in [0.3, 0.4) is 0 Å². The van der Waals surface area contributed by atoms with Crippen molar-refractivity contribution in [2.24, 2.45) is 0 Å². The summed E-state index contributed by atoms with van der Waals surface area (Å²) in [7, 11) is 0. The molecular formula is C24H25NO4. The van der Waals surface area contributed by atoms with Gasteiger partial charge in [0.1, 0.15) is 0 Å². The van der Waals surface area contributed by atoms with E-state index >= 15 is 0 Å². The summed E-state index contributed by atoms with van der Waals surface area (Å²) in [6.45, 7) is 1.53. The summed E-state index contributed by atoms with van der Waals surface area (Å²) in [6, 6.07) is 16.1. The number of hydrogen-bond donors (Lipinski definition) is 2. The normalized spacial score (nSPS) is 14.6. The van der Waals surface area contributed by atoms with Gasteiger partial charge >= 0.3 is 0 Å². The highest BCUT2D eigenvalue weighted by Gasteiger charge is 2.29. The molecule has 0 saturated carbocycles. The van der Waals surface area contributed by atoms with Crippen LogP contribution in [0, 0.1) is 0 Å².